The van der Waals surface area contributed by atoms with Crippen molar-refractivity contribution in [3.63, 3.8) is 0 Å². The zero-order chi connectivity index (χ0) is 17.0. The molecule has 0 unspecified atom stereocenters. The van der Waals surface area contributed by atoms with Crippen LogP contribution in [-0.4, -0.2) is 8.42 Å². The maximum Gasteiger partial charge on any atom is 0.261 e. The molecule has 122 valence electrons. The molecule has 0 aliphatic heterocycles. The molecule has 24 heavy (non-hydrogen) atoms. The number of benzene rings is 3. The van der Waals surface area contributed by atoms with Crippen LogP contribution in [0.1, 0.15) is 5.56 Å². The fraction of sp³-hybridized carbons (Fsp3) is 0.0526. The Balaban J connectivity index is 1.75. The Morgan fingerprint density at radius 3 is 1.79 bits per heavy atom. The lowest BCUT2D eigenvalue weighted by atomic mass is 10.2. The van der Waals surface area contributed by atoms with Crippen LogP contribution >= 0.6 is 0 Å². The van der Waals surface area contributed by atoms with Crippen LogP contribution in [0.25, 0.3) is 0 Å². The highest BCUT2D eigenvalue weighted by Gasteiger charge is 2.13. The summed E-state index contributed by atoms with van der Waals surface area (Å²) in [7, 11) is -3.59. The summed E-state index contributed by atoms with van der Waals surface area (Å²) in [6, 6.07) is 23.5. The molecule has 0 spiro atoms. The van der Waals surface area contributed by atoms with E-state index < -0.39 is 10.0 Å². The lowest BCUT2D eigenvalue weighted by Gasteiger charge is -2.10. The number of hydrogen-bond donors (Lipinski definition) is 2. The van der Waals surface area contributed by atoms with Gasteiger partial charge in [-0.05, 0) is 55.5 Å². The smallest absolute Gasteiger partial charge is 0.261 e. The van der Waals surface area contributed by atoms with Crippen LogP contribution in [0.15, 0.2) is 83.8 Å². The van der Waals surface area contributed by atoms with Gasteiger partial charge in [-0.15, -0.1) is 0 Å². The largest absolute Gasteiger partial charge is 0.356 e. The molecule has 0 fully saturated rings. The molecular weight excluding hydrogens is 320 g/mol. The Bertz CT molecular complexity index is 904. The minimum atomic E-state index is -3.59. The first kappa shape index (κ1) is 16.1. The molecule has 4 nitrogen and oxygen atoms in total. The minimum Gasteiger partial charge on any atom is -0.356 e. The van der Waals surface area contributed by atoms with Crippen molar-refractivity contribution in [2.75, 3.05) is 10.0 Å². The van der Waals surface area contributed by atoms with E-state index in [9.17, 15) is 8.42 Å². The van der Waals surface area contributed by atoms with Gasteiger partial charge in [0, 0.05) is 17.1 Å². The van der Waals surface area contributed by atoms with Crippen LogP contribution in [0.5, 0.6) is 0 Å². The molecule has 0 atom stereocenters. The second kappa shape index (κ2) is 6.76. The van der Waals surface area contributed by atoms with Crippen molar-refractivity contribution in [3.05, 3.63) is 84.4 Å². The van der Waals surface area contributed by atoms with E-state index in [4.69, 9.17) is 0 Å². The summed E-state index contributed by atoms with van der Waals surface area (Å²) in [5, 5.41) is 3.24. The third-order valence-electron chi connectivity index (χ3n) is 3.53. The Hall–Kier alpha value is -2.79. The van der Waals surface area contributed by atoms with Crippen molar-refractivity contribution in [2.24, 2.45) is 0 Å². The zero-order valence-corrected chi connectivity index (χ0v) is 14.0. The van der Waals surface area contributed by atoms with Gasteiger partial charge in [0.15, 0.2) is 0 Å². The first-order chi connectivity index (χ1) is 11.5. The number of rotatable bonds is 5. The van der Waals surface area contributed by atoms with Gasteiger partial charge in [0.2, 0.25) is 0 Å². The van der Waals surface area contributed by atoms with Crippen molar-refractivity contribution < 1.29 is 8.42 Å². The third-order valence-corrected chi connectivity index (χ3v) is 4.93. The van der Waals surface area contributed by atoms with E-state index in [1.165, 1.54) is 5.56 Å². The molecule has 0 aromatic heterocycles. The lowest BCUT2D eigenvalue weighted by molar-refractivity contribution is 0.601. The van der Waals surface area contributed by atoms with Crippen molar-refractivity contribution >= 4 is 27.1 Å². The van der Waals surface area contributed by atoms with Crippen molar-refractivity contribution in [2.45, 2.75) is 11.8 Å². The molecule has 0 bridgehead atoms. The molecule has 0 aliphatic rings. The number of aryl methyl sites for hydroxylation is 1. The summed E-state index contributed by atoms with van der Waals surface area (Å²) < 4.78 is 27.3. The number of nitrogens with one attached hydrogen (secondary N) is 2. The van der Waals surface area contributed by atoms with E-state index in [2.05, 4.69) is 10.0 Å². The molecule has 0 heterocycles. The summed E-state index contributed by atoms with van der Waals surface area (Å²) in [5.74, 6) is 0. The van der Waals surface area contributed by atoms with Gasteiger partial charge >= 0.3 is 0 Å². The van der Waals surface area contributed by atoms with Crippen LogP contribution in [0.3, 0.4) is 0 Å². The maximum absolute atomic E-state index is 12.4. The molecule has 3 aromatic rings. The average Bonchev–Trinajstić information content (AvgIpc) is 2.58. The molecule has 0 amide bonds. The van der Waals surface area contributed by atoms with Gasteiger partial charge < -0.3 is 5.32 Å². The molecule has 2 N–H and O–H groups in total. The first-order valence-electron chi connectivity index (χ1n) is 7.54. The van der Waals surface area contributed by atoms with Crippen LogP contribution in [0.2, 0.25) is 0 Å². The predicted octanol–water partition coefficient (Wildman–Crippen LogP) is 4.54. The second-order valence-electron chi connectivity index (χ2n) is 5.49. The summed E-state index contributed by atoms with van der Waals surface area (Å²) in [6.07, 6.45) is 0. The van der Waals surface area contributed by atoms with Crippen molar-refractivity contribution in [3.8, 4) is 0 Å². The molecule has 3 rings (SSSR count). The maximum atomic E-state index is 12.4. The Morgan fingerprint density at radius 2 is 1.21 bits per heavy atom. The fourth-order valence-electron chi connectivity index (χ4n) is 2.24. The normalized spacial score (nSPS) is 11.0. The van der Waals surface area contributed by atoms with E-state index in [0.29, 0.717) is 5.69 Å². The average molecular weight is 338 g/mol. The Morgan fingerprint density at radius 1 is 0.667 bits per heavy atom. The third kappa shape index (κ3) is 3.94. The molecule has 0 aliphatic carbocycles. The van der Waals surface area contributed by atoms with Crippen LogP contribution in [0, 0.1) is 6.92 Å². The standard InChI is InChI=1S/C19H18N2O2S/c1-15-7-9-16(10-8-15)20-17-11-13-19(14-12-17)24(22,23)21-18-5-3-2-4-6-18/h2-14,20-21H,1H3. The molecule has 3 aromatic carbocycles. The Kier molecular flexibility index (Phi) is 4.53. The molecule has 0 radical (unpaired) electrons. The summed E-state index contributed by atoms with van der Waals surface area (Å²) in [5.41, 5.74) is 3.52. The predicted molar refractivity (Wildman–Crippen MR) is 98.2 cm³/mol. The van der Waals surface area contributed by atoms with Crippen LogP contribution in [-0.2, 0) is 10.0 Å². The minimum absolute atomic E-state index is 0.223. The lowest BCUT2D eigenvalue weighted by Crippen LogP contribution is -2.12. The van der Waals surface area contributed by atoms with Gasteiger partial charge in [-0.2, -0.15) is 0 Å². The van der Waals surface area contributed by atoms with Gasteiger partial charge in [0.1, 0.15) is 0 Å². The van der Waals surface area contributed by atoms with E-state index in [1.807, 2.05) is 37.3 Å². The van der Waals surface area contributed by atoms with E-state index in [0.717, 1.165) is 11.4 Å². The van der Waals surface area contributed by atoms with Crippen molar-refractivity contribution in [1.82, 2.24) is 0 Å². The van der Waals surface area contributed by atoms with Crippen LogP contribution < -0.4 is 10.0 Å². The number of sulfonamides is 1. The van der Waals surface area contributed by atoms with Gasteiger partial charge in [-0.1, -0.05) is 35.9 Å². The highest BCUT2D eigenvalue weighted by Crippen LogP contribution is 2.21. The fourth-order valence-corrected chi connectivity index (χ4v) is 3.30. The summed E-state index contributed by atoms with van der Waals surface area (Å²) >= 11 is 0. The quantitative estimate of drug-likeness (QED) is 0.718. The van der Waals surface area contributed by atoms with Gasteiger partial charge in [0.05, 0.1) is 4.90 Å². The highest BCUT2D eigenvalue weighted by atomic mass is 32.2. The van der Waals surface area contributed by atoms with Gasteiger partial charge in [0.25, 0.3) is 10.0 Å². The number of hydrogen-bond acceptors (Lipinski definition) is 3. The summed E-state index contributed by atoms with van der Waals surface area (Å²) in [4.78, 5) is 0.223. The van der Waals surface area contributed by atoms with Crippen molar-refractivity contribution in [1.29, 1.82) is 0 Å². The molecular formula is C19H18N2O2S. The summed E-state index contributed by atoms with van der Waals surface area (Å²) in [6.45, 7) is 2.03. The molecule has 0 saturated heterocycles. The van der Waals surface area contributed by atoms with E-state index in [1.54, 1.807) is 48.5 Å². The monoisotopic (exact) mass is 338 g/mol. The SMILES string of the molecule is Cc1ccc(Nc2ccc(S(=O)(=O)Nc3ccccc3)cc2)cc1. The highest BCUT2D eigenvalue weighted by molar-refractivity contribution is 7.92. The molecule has 5 heteroatoms. The first-order valence-corrected chi connectivity index (χ1v) is 9.03. The number of anilines is 3. The van der Waals surface area contributed by atoms with Crippen LogP contribution in [0.4, 0.5) is 17.1 Å². The number of para-hydroxylation sites is 1. The zero-order valence-electron chi connectivity index (χ0n) is 13.2. The second-order valence-corrected chi connectivity index (χ2v) is 7.17. The van der Waals surface area contributed by atoms with E-state index >= 15 is 0 Å². The van der Waals surface area contributed by atoms with Gasteiger partial charge in [-0.25, -0.2) is 8.42 Å². The van der Waals surface area contributed by atoms with E-state index in [-0.39, 0.29) is 4.90 Å². The topological polar surface area (TPSA) is 58.2 Å². The Labute approximate surface area is 142 Å². The molecule has 0 saturated carbocycles. The van der Waals surface area contributed by atoms with Gasteiger partial charge in [-0.3, -0.25) is 4.72 Å².